The van der Waals surface area contributed by atoms with E-state index >= 15 is 0 Å². The van der Waals surface area contributed by atoms with Gasteiger partial charge in [-0.2, -0.15) is 5.26 Å². The molecular weight excluding hydrogens is 410 g/mol. The molecule has 1 saturated heterocycles. The molecule has 0 unspecified atom stereocenters. The second-order valence-electron chi connectivity index (χ2n) is 8.02. The number of aliphatic hydroxyl groups is 1. The Bertz CT molecular complexity index is 1140. The van der Waals surface area contributed by atoms with Gasteiger partial charge in [0.05, 0.1) is 29.3 Å². The number of nitrogens with zero attached hydrogens (tertiary/aromatic N) is 3. The molecule has 0 atom stereocenters. The number of nitriles is 1. The van der Waals surface area contributed by atoms with Crippen molar-refractivity contribution in [2.75, 3.05) is 13.1 Å². The van der Waals surface area contributed by atoms with E-state index < -0.39 is 6.09 Å². The third-order valence-corrected chi connectivity index (χ3v) is 6.10. The molecule has 3 aromatic rings. The van der Waals surface area contributed by atoms with Gasteiger partial charge in [0.25, 0.3) is 0 Å². The Labute approximate surface area is 185 Å². The van der Waals surface area contributed by atoms with Gasteiger partial charge < -0.3 is 24.4 Å². The summed E-state index contributed by atoms with van der Waals surface area (Å²) in [5.41, 5.74) is 3.26. The first-order chi connectivity index (χ1) is 15.6. The van der Waals surface area contributed by atoms with Crippen LogP contribution in [0.3, 0.4) is 0 Å². The summed E-state index contributed by atoms with van der Waals surface area (Å²) in [5.74, 6) is 1.02. The van der Waals surface area contributed by atoms with Gasteiger partial charge in [-0.1, -0.05) is 23.4 Å². The van der Waals surface area contributed by atoms with Gasteiger partial charge in [0.2, 0.25) is 0 Å². The third-order valence-electron chi connectivity index (χ3n) is 6.10. The molecule has 32 heavy (non-hydrogen) atoms. The Kier molecular flexibility index (Phi) is 6.57. The number of aromatic nitrogens is 1. The molecule has 1 fully saturated rings. The van der Waals surface area contributed by atoms with E-state index in [4.69, 9.17) is 14.4 Å². The zero-order chi connectivity index (χ0) is 22.5. The summed E-state index contributed by atoms with van der Waals surface area (Å²) in [6.07, 6.45) is 2.35. The Hall–Kier alpha value is -3.57. The van der Waals surface area contributed by atoms with Crippen LogP contribution >= 0.6 is 0 Å². The van der Waals surface area contributed by atoms with Crippen LogP contribution in [-0.2, 0) is 19.6 Å². The number of benzene rings is 2. The number of aryl methyl sites for hydroxylation is 1. The summed E-state index contributed by atoms with van der Waals surface area (Å²) < 4.78 is 11.6. The number of piperidine rings is 1. The third kappa shape index (κ3) is 4.53. The SMILES string of the molecule is N#Cc1ccccc1COc1ccc(CO)c2onc(CCC3CCN(C(=O)O)CC3)c12. The highest BCUT2D eigenvalue weighted by atomic mass is 16.5. The van der Waals surface area contributed by atoms with Crippen LogP contribution in [0.4, 0.5) is 4.79 Å². The molecule has 0 aliphatic carbocycles. The minimum atomic E-state index is -0.859. The van der Waals surface area contributed by atoms with Crippen LogP contribution in [0.15, 0.2) is 40.9 Å². The average molecular weight is 435 g/mol. The van der Waals surface area contributed by atoms with E-state index in [1.54, 1.807) is 18.2 Å². The quantitative estimate of drug-likeness (QED) is 0.573. The lowest BCUT2D eigenvalue weighted by atomic mass is 9.91. The van der Waals surface area contributed by atoms with Crippen LogP contribution < -0.4 is 4.74 Å². The van der Waals surface area contributed by atoms with E-state index in [1.165, 1.54) is 4.90 Å². The smallest absolute Gasteiger partial charge is 0.407 e. The first-order valence-electron chi connectivity index (χ1n) is 10.7. The molecule has 8 nitrogen and oxygen atoms in total. The molecule has 4 rings (SSSR count). The van der Waals surface area contributed by atoms with E-state index in [0.717, 1.165) is 35.9 Å². The largest absolute Gasteiger partial charge is 0.488 e. The van der Waals surface area contributed by atoms with Crippen molar-refractivity contribution in [1.29, 1.82) is 5.26 Å². The highest BCUT2D eigenvalue weighted by Gasteiger charge is 2.24. The standard InChI is InChI=1S/C24H25N3O5/c25-13-17-3-1-2-4-19(17)15-31-21-8-6-18(14-28)23-22(21)20(26-32-23)7-5-16-9-11-27(12-10-16)24(29)30/h1-4,6,8,16,28H,5,7,9-12,14-15H2,(H,29,30). The number of hydrogen-bond donors (Lipinski definition) is 2. The summed E-state index contributed by atoms with van der Waals surface area (Å²) in [5, 5.41) is 33.1. The fourth-order valence-corrected chi connectivity index (χ4v) is 4.21. The van der Waals surface area contributed by atoms with Crippen LogP contribution in [0.1, 0.15) is 41.6 Å². The van der Waals surface area contributed by atoms with Crippen molar-refractivity contribution in [3.8, 4) is 11.8 Å². The molecule has 8 heteroatoms. The molecule has 166 valence electrons. The summed E-state index contributed by atoms with van der Waals surface area (Å²) in [7, 11) is 0. The lowest BCUT2D eigenvalue weighted by molar-refractivity contribution is 0.123. The van der Waals surface area contributed by atoms with Crippen molar-refractivity contribution in [3.63, 3.8) is 0 Å². The van der Waals surface area contributed by atoms with Gasteiger partial charge in [-0.25, -0.2) is 4.79 Å². The van der Waals surface area contributed by atoms with E-state index in [9.17, 15) is 15.2 Å². The van der Waals surface area contributed by atoms with Gasteiger partial charge >= 0.3 is 6.09 Å². The molecule has 0 saturated carbocycles. The summed E-state index contributed by atoms with van der Waals surface area (Å²) in [6, 6.07) is 13.0. The second-order valence-corrected chi connectivity index (χ2v) is 8.02. The normalized spacial score (nSPS) is 14.4. The highest BCUT2D eigenvalue weighted by molar-refractivity contribution is 5.88. The van der Waals surface area contributed by atoms with Gasteiger partial charge in [0.15, 0.2) is 5.58 Å². The molecule has 1 aliphatic heterocycles. The number of ether oxygens (including phenoxy) is 1. The summed E-state index contributed by atoms with van der Waals surface area (Å²) in [4.78, 5) is 12.6. The second kappa shape index (κ2) is 9.71. The fraction of sp³-hybridized carbons (Fsp3) is 0.375. The zero-order valence-electron chi connectivity index (χ0n) is 17.7. The van der Waals surface area contributed by atoms with E-state index in [2.05, 4.69) is 11.2 Å². The average Bonchev–Trinajstić information content (AvgIpc) is 3.26. The molecule has 2 heterocycles. The number of carbonyl (C=O) groups is 1. The van der Waals surface area contributed by atoms with E-state index in [-0.39, 0.29) is 13.2 Å². The van der Waals surface area contributed by atoms with Gasteiger partial charge in [0.1, 0.15) is 12.4 Å². The van der Waals surface area contributed by atoms with Crippen molar-refractivity contribution in [2.45, 2.75) is 38.9 Å². The Balaban J connectivity index is 1.52. The molecule has 2 N–H and O–H groups in total. The van der Waals surface area contributed by atoms with Crippen molar-refractivity contribution in [1.82, 2.24) is 10.1 Å². The number of fused-ring (bicyclic) bond motifs is 1. The van der Waals surface area contributed by atoms with Crippen LogP contribution in [0.25, 0.3) is 11.0 Å². The maximum Gasteiger partial charge on any atom is 0.407 e. The first kappa shape index (κ1) is 21.7. The number of rotatable bonds is 7. The Morgan fingerprint density at radius 3 is 2.72 bits per heavy atom. The van der Waals surface area contributed by atoms with Gasteiger partial charge in [-0.3, -0.25) is 0 Å². The monoisotopic (exact) mass is 435 g/mol. The topological polar surface area (TPSA) is 120 Å². The number of carboxylic acid groups (broad SMARTS) is 1. The molecule has 0 bridgehead atoms. The summed E-state index contributed by atoms with van der Waals surface area (Å²) in [6.45, 7) is 1.17. The minimum absolute atomic E-state index is 0.170. The maximum absolute atomic E-state index is 11.1. The minimum Gasteiger partial charge on any atom is -0.488 e. The predicted molar refractivity (Wildman–Crippen MR) is 116 cm³/mol. The van der Waals surface area contributed by atoms with Crippen LogP contribution in [-0.4, -0.2) is 39.5 Å². The lowest BCUT2D eigenvalue weighted by Gasteiger charge is -2.29. The van der Waals surface area contributed by atoms with Crippen molar-refractivity contribution < 1.29 is 24.3 Å². The predicted octanol–water partition coefficient (Wildman–Crippen LogP) is 4.09. The molecule has 1 aromatic heterocycles. The van der Waals surface area contributed by atoms with Gasteiger partial charge in [0, 0.05) is 24.2 Å². The van der Waals surface area contributed by atoms with Crippen molar-refractivity contribution in [3.05, 3.63) is 58.8 Å². The number of hydrogen-bond acceptors (Lipinski definition) is 6. The van der Waals surface area contributed by atoms with Gasteiger partial charge in [-0.05, 0) is 49.8 Å². The Morgan fingerprint density at radius 1 is 1.22 bits per heavy atom. The van der Waals surface area contributed by atoms with Crippen LogP contribution in [0.5, 0.6) is 5.75 Å². The van der Waals surface area contributed by atoms with E-state index in [0.29, 0.717) is 47.9 Å². The maximum atomic E-state index is 11.1. The van der Waals surface area contributed by atoms with Crippen LogP contribution in [0.2, 0.25) is 0 Å². The first-order valence-corrected chi connectivity index (χ1v) is 10.7. The Morgan fingerprint density at radius 2 is 2.00 bits per heavy atom. The zero-order valence-corrected chi connectivity index (χ0v) is 17.7. The van der Waals surface area contributed by atoms with Gasteiger partial charge in [-0.15, -0.1) is 0 Å². The fourth-order valence-electron chi connectivity index (χ4n) is 4.21. The molecule has 2 aromatic carbocycles. The van der Waals surface area contributed by atoms with Crippen LogP contribution in [0, 0.1) is 17.2 Å². The molecule has 0 radical (unpaired) electrons. The summed E-state index contributed by atoms with van der Waals surface area (Å²) >= 11 is 0. The highest BCUT2D eigenvalue weighted by Crippen LogP contribution is 2.34. The number of amides is 1. The van der Waals surface area contributed by atoms with E-state index in [1.807, 2.05) is 18.2 Å². The number of likely N-dealkylation sites (tertiary alicyclic amines) is 1. The van der Waals surface area contributed by atoms with Crippen molar-refractivity contribution in [2.24, 2.45) is 5.92 Å². The molecule has 1 aliphatic rings. The lowest BCUT2D eigenvalue weighted by Crippen LogP contribution is -2.37. The molecular formula is C24H25N3O5. The van der Waals surface area contributed by atoms with Crippen molar-refractivity contribution >= 4 is 17.1 Å². The molecule has 1 amide bonds. The molecule has 0 spiro atoms. The number of aliphatic hydroxyl groups excluding tert-OH is 1.